The van der Waals surface area contributed by atoms with Gasteiger partial charge in [0.05, 0.1) is 0 Å². The van der Waals surface area contributed by atoms with Gasteiger partial charge in [0.25, 0.3) is 0 Å². The SMILES string of the molecule is CC1C(C)C(C)C(C)C1C.CC1C(C)C(C)C(C)C1C.[CH3-].[CH3-].[Fe+2]. The van der Waals surface area contributed by atoms with Crippen LogP contribution in [0.15, 0.2) is 0 Å². The quantitative estimate of drug-likeness (QED) is 0.313. The van der Waals surface area contributed by atoms with E-state index in [4.69, 9.17) is 0 Å². The van der Waals surface area contributed by atoms with Crippen LogP contribution in [0.1, 0.15) is 69.2 Å². The Morgan fingerprint density at radius 3 is 0.348 bits per heavy atom. The summed E-state index contributed by atoms with van der Waals surface area (Å²) in [5.74, 6) is 9.35. The van der Waals surface area contributed by atoms with Crippen molar-refractivity contribution in [2.75, 3.05) is 0 Å². The summed E-state index contributed by atoms with van der Waals surface area (Å²) in [6.45, 7) is 24.0. The van der Waals surface area contributed by atoms with Gasteiger partial charge in [-0.3, -0.25) is 0 Å². The Morgan fingerprint density at radius 1 is 0.261 bits per heavy atom. The van der Waals surface area contributed by atoms with E-state index < -0.39 is 0 Å². The van der Waals surface area contributed by atoms with E-state index in [0.717, 1.165) is 59.2 Å². The molecule has 0 radical (unpaired) electrons. The van der Waals surface area contributed by atoms with Crippen molar-refractivity contribution < 1.29 is 17.1 Å². The number of hydrogen-bond acceptors (Lipinski definition) is 0. The monoisotopic (exact) mass is 366 g/mol. The Kier molecular flexibility index (Phi) is 13.8. The van der Waals surface area contributed by atoms with Crippen molar-refractivity contribution in [1.82, 2.24) is 0 Å². The average molecular weight is 366 g/mol. The molecule has 0 N–H and O–H groups in total. The van der Waals surface area contributed by atoms with E-state index >= 15 is 0 Å². The van der Waals surface area contributed by atoms with Crippen LogP contribution in [0.25, 0.3) is 0 Å². The molecule has 2 fully saturated rings. The first-order valence-electron chi connectivity index (χ1n) is 9.11. The minimum absolute atomic E-state index is 0. The van der Waals surface area contributed by atoms with E-state index in [1.54, 1.807) is 0 Å². The van der Waals surface area contributed by atoms with E-state index in [2.05, 4.69) is 69.2 Å². The van der Waals surface area contributed by atoms with Crippen LogP contribution >= 0.6 is 0 Å². The van der Waals surface area contributed by atoms with Crippen molar-refractivity contribution >= 4 is 0 Å². The average Bonchev–Trinajstić information content (AvgIpc) is 2.71. The van der Waals surface area contributed by atoms with Crippen LogP contribution in [-0.2, 0) is 17.1 Å². The van der Waals surface area contributed by atoms with Crippen molar-refractivity contribution in [2.45, 2.75) is 69.2 Å². The van der Waals surface area contributed by atoms with E-state index in [1.807, 2.05) is 0 Å². The molecule has 0 bridgehead atoms. The Balaban J connectivity index is -0.000000308. The van der Waals surface area contributed by atoms with Gasteiger partial charge >= 0.3 is 17.1 Å². The minimum atomic E-state index is 0. The molecule has 0 amide bonds. The van der Waals surface area contributed by atoms with Gasteiger partial charge in [-0.15, -0.1) is 0 Å². The molecular formula is C22H46Fe. The van der Waals surface area contributed by atoms with Crippen molar-refractivity contribution in [3.8, 4) is 0 Å². The molecular weight excluding hydrogens is 320 g/mol. The second-order valence-corrected chi connectivity index (χ2v) is 8.59. The molecule has 0 spiro atoms. The van der Waals surface area contributed by atoms with Crippen LogP contribution in [-0.4, -0.2) is 0 Å². The molecule has 0 nitrogen and oxygen atoms in total. The summed E-state index contributed by atoms with van der Waals surface area (Å²) in [5.41, 5.74) is 0. The Hall–Kier alpha value is 0.519. The zero-order valence-electron chi connectivity index (χ0n) is 18.1. The third-order valence-corrected chi connectivity index (χ3v) is 8.29. The van der Waals surface area contributed by atoms with Crippen LogP contribution in [0.3, 0.4) is 0 Å². The Morgan fingerprint density at radius 2 is 0.304 bits per heavy atom. The van der Waals surface area contributed by atoms with E-state index in [1.165, 1.54) is 0 Å². The zero-order chi connectivity index (χ0) is 15.8. The van der Waals surface area contributed by atoms with E-state index in [-0.39, 0.29) is 31.9 Å². The second kappa shape index (κ2) is 11.2. The standard InChI is InChI=1S/2C10H20.2CH3.Fe/c2*1-6-7(2)9(4)10(5)8(6)3;;;/h2*6-10H,1-5H3;2*1H3;/q;;2*-1;+2. The van der Waals surface area contributed by atoms with Gasteiger partial charge in [-0.1, -0.05) is 69.2 Å². The Labute approximate surface area is 160 Å². The molecule has 2 rings (SSSR count). The maximum absolute atomic E-state index is 2.40. The summed E-state index contributed by atoms with van der Waals surface area (Å²) >= 11 is 0. The van der Waals surface area contributed by atoms with Crippen LogP contribution < -0.4 is 0 Å². The normalized spacial score (nSPS) is 48.3. The summed E-state index contributed by atoms with van der Waals surface area (Å²) in [7, 11) is 0. The summed E-state index contributed by atoms with van der Waals surface area (Å²) in [6, 6.07) is 0. The molecule has 0 aromatic heterocycles. The minimum Gasteiger partial charge on any atom is -0.358 e. The van der Waals surface area contributed by atoms with Crippen LogP contribution in [0.5, 0.6) is 0 Å². The smallest absolute Gasteiger partial charge is 0.358 e. The largest absolute Gasteiger partial charge is 2.00 e. The van der Waals surface area contributed by atoms with Gasteiger partial charge in [0, 0.05) is 0 Å². The predicted octanol–water partition coefficient (Wildman–Crippen LogP) is 7.26. The first kappa shape index (κ1) is 28.3. The molecule has 0 aromatic carbocycles. The molecule has 0 saturated heterocycles. The second-order valence-electron chi connectivity index (χ2n) is 8.59. The molecule has 0 atom stereocenters. The van der Waals surface area contributed by atoms with Gasteiger partial charge in [-0.2, -0.15) is 0 Å². The fraction of sp³-hybridized carbons (Fsp3) is 0.909. The number of rotatable bonds is 0. The summed E-state index contributed by atoms with van der Waals surface area (Å²) in [4.78, 5) is 0. The van der Waals surface area contributed by atoms with Crippen LogP contribution in [0.4, 0.5) is 0 Å². The molecule has 2 saturated carbocycles. The Bertz CT molecular complexity index is 181. The summed E-state index contributed by atoms with van der Waals surface area (Å²) < 4.78 is 0. The molecule has 2 aliphatic rings. The molecule has 1 heteroatoms. The zero-order valence-corrected chi connectivity index (χ0v) is 19.2. The first-order valence-corrected chi connectivity index (χ1v) is 9.11. The number of hydrogen-bond donors (Lipinski definition) is 0. The maximum Gasteiger partial charge on any atom is 2.00 e. The van der Waals surface area contributed by atoms with Gasteiger partial charge < -0.3 is 14.9 Å². The van der Waals surface area contributed by atoms with Crippen molar-refractivity contribution in [2.24, 2.45) is 59.2 Å². The van der Waals surface area contributed by atoms with Gasteiger partial charge in [-0.25, -0.2) is 0 Å². The van der Waals surface area contributed by atoms with Crippen molar-refractivity contribution in [3.05, 3.63) is 14.9 Å². The fourth-order valence-electron chi connectivity index (χ4n) is 4.79. The summed E-state index contributed by atoms with van der Waals surface area (Å²) in [5, 5.41) is 0. The predicted molar refractivity (Wildman–Crippen MR) is 104 cm³/mol. The topological polar surface area (TPSA) is 0 Å². The third kappa shape index (κ3) is 5.78. The van der Waals surface area contributed by atoms with Crippen LogP contribution in [0, 0.1) is 74.0 Å². The van der Waals surface area contributed by atoms with E-state index in [0.29, 0.717) is 0 Å². The van der Waals surface area contributed by atoms with Crippen LogP contribution in [0.2, 0.25) is 0 Å². The van der Waals surface area contributed by atoms with Gasteiger partial charge in [0.1, 0.15) is 0 Å². The maximum atomic E-state index is 2.40. The van der Waals surface area contributed by atoms with Crippen molar-refractivity contribution in [3.63, 3.8) is 0 Å². The molecule has 0 heterocycles. The van der Waals surface area contributed by atoms with E-state index in [9.17, 15) is 0 Å². The molecule has 23 heavy (non-hydrogen) atoms. The van der Waals surface area contributed by atoms with Gasteiger partial charge in [-0.05, 0) is 59.2 Å². The molecule has 2 aliphatic carbocycles. The molecule has 0 aromatic rings. The molecule has 142 valence electrons. The third-order valence-electron chi connectivity index (χ3n) is 8.29. The van der Waals surface area contributed by atoms with Gasteiger partial charge in [0.15, 0.2) is 0 Å². The van der Waals surface area contributed by atoms with Crippen molar-refractivity contribution in [1.29, 1.82) is 0 Å². The fourth-order valence-corrected chi connectivity index (χ4v) is 4.79. The molecule has 0 aliphatic heterocycles. The van der Waals surface area contributed by atoms with Gasteiger partial charge in [0.2, 0.25) is 0 Å². The first-order chi connectivity index (χ1) is 9.11. The molecule has 0 unspecified atom stereocenters. The summed E-state index contributed by atoms with van der Waals surface area (Å²) in [6.07, 6.45) is 0.